The summed E-state index contributed by atoms with van der Waals surface area (Å²) in [7, 11) is 0. The maximum absolute atomic E-state index is 11.9. The van der Waals surface area contributed by atoms with Gasteiger partial charge in [-0.05, 0) is 48.7 Å². The summed E-state index contributed by atoms with van der Waals surface area (Å²) in [6, 6.07) is 15.8. The molecule has 0 aliphatic carbocycles. The molecule has 3 aromatic rings. The van der Waals surface area contributed by atoms with Crippen LogP contribution in [0, 0.1) is 0 Å². The topological polar surface area (TPSA) is 54.1 Å². The zero-order chi connectivity index (χ0) is 17.5. The Bertz CT molecular complexity index is 863. The van der Waals surface area contributed by atoms with Crippen molar-refractivity contribution in [1.29, 1.82) is 0 Å². The normalized spacial score (nSPS) is 11.1. The smallest absolute Gasteiger partial charge is 0.244 e. The molecule has 0 bridgehead atoms. The van der Waals surface area contributed by atoms with E-state index in [-0.39, 0.29) is 5.91 Å². The van der Waals surface area contributed by atoms with Crippen molar-refractivity contribution in [3.63, 3.8) is 0 Å². The average Bonchev–Trinajstić information content (AvgIpc) is 3.05. The Hall–Kier alpha value is -3.01. The van der Waals surface area contributed by atoms with Crippen LogP contribution >= 0.6 is 0 Å². The summed E-state index contributed by atoms with van der Waals surface area (Å²) in [6.45, 7) is 3.21. The first kappa shape index (κ1) is 16.8. The molecule has 3 rings (SSSR count). The van der Waals surface area contributed by atoms with E-state index in [4.69, 9.17) is 4.74 Å². The molecule has 1 amide bonds. The van der Waals surface area contributed by atoms with Gasteiger partial charge in [0.2, 0.25) is 5.91 Å². The second kappa shape index (κ2) is 8.20. The Morgan fingerprint density at radius 3 is 2.76 bits per heavy atom. The molecule has 0 radical (unpaired) electrons. The molecule has 0 saturated carbocycles. The number of aromatic nitrogens is 1. The van der Waals surface area contributed by atoms with Gasteiger partial charge in [0.25, 0.3) is 0 Å². The third-order valence-electron chi connectivity index (χ3n) is 3.99. The Morgan fingerprint density at radius 1 is 1.16 bits per heavy atom. The fourth-order valence-electron chi connectivity index (χ4n) is 2.73. The zero-order valence-electron chi connectivity index (χ0n) is 14.3. The number of amides is 1. The van der Waals surface area contributed by atoms with E-state index in [1.807, 2.05) is 49.5 Å². The van der Waals surface area contributed by atoms with Crippen molar-refractivity contribution in [2.24, 2.45) is 0 Å². The molecule has 25 heavy (non-hydrogen) atoms. The molecule has 0 saturated heterocycles. The molecular weight excluding hydrogens is 312 g/mol. The van der Waals surface area contributed by atoms with E-state index in [1.54, 1.807) is 12.2 Å². The van der Waals surface area contributed by atoms with Crippen LogP contribution in [0.2, 0.25) is 0 Å². The van der Waals surface area contributed by atoms with Gasteiger partial charge in [0, 0.05) is 29.7 Å². The highest BCUT2D eigenvalue weighted by molar-refractivity contribution is 5.91. The lowest BCUT2D eigenvalue weighted by atomic mass is 10.1. The Kier molecular flexibility index (Phi) is 5.52. The average molecular weight is 334 g/mol. The lowest BCUT2D eigenvalue weighted by Gasteiger charge is -2.03. The number of carbonyl (C=O) groups excluding carboxylic acids is 1. The molecule has 128 valence electrons. The first-order valence-electron chi connectivity index (χ1n) is 8.50. The summed E-state index contributed by atoms with van der Waals surface area (Å²) in [6.07, 6.45) is 6.17. The fraction of sp³-hybridized carbons (Fsp3) is 0.190. The molecule has 2 aromatic carbocycles. The number of fused-ring (bicyclic) bond motifs is 1. The largest absolute Gasteiger partial charge is 0.494 e. The lowest BCUT2D eigenvalue weighted by molar-refractivity contribution is -0.116. The highest BCUT2D eigenvalue weighted by atomic mass is 16.5. The highest BCUT2D eigenvalue weighted by Crippen LogP contribution is 2.17. The van der Waals surface area contributed by atoms with Gasteiger partial charge in [-0.3, -0.25) is 4.79 Å². The van der Waals surface area contributed by atoms with E-state index in [9.17, 15) is 4.79 Å². The van der Waals surface area contributed by atoms with Crippen molar-refractivity contribution in [2.75, 3.05) is 13.2 Å². The van der Waals surface area contributed by atoms with Gasteiger partial charge in [-0.15, -0.1) is 0 Å². The van der Waals surface area contributed by atoms with E-state index in [2.05, 4.69) is 22.4 Å². The van der Waals surface area contributed by atoms with Gasteiger partial charge in [-0.2, -0.15) is 0 Å². The second-order valence-electron chi connectivity index (χ2n) is 5.74. The van der Waals surface area contributed by atoms with Gasteiger partial charge in [-0.1, -0.05) is 30.3 Å². The molecule has 0 aliphatic heterocycles. The number of aromatic amines is 1. The predicted molar refractivity (Wildman–Crippen MR) is 102 cm³/mol. The number of benzene rings is 2. The van der Waals surface area contributed by atoms with Gasteiger partial charge in [0.05, 0.1) is 6.61 Å². The van der Waals surface area contributed by atoms with Gasteiger partial charge in [0.1, 0.15) is 5.75 Å². The predicted octanol–water partition coefficient (Wildman–Crippen LogP) is 3.94. The third-order valence-corrected chi connectivity index (χ3v) is 3.99. The summed E-state index contributed by atoms with van der Waals surface area (Å²) >= 11 is 0. The van der Waals surface area contributed by atoms with E-state index < -0.39 is 0 Å². The van der Waals surface area contributed by atoms with E-state index in [0.717, 1.165) is 23.3 Å². The second-order valence-corrected chi connectivity index (χ2v) is 5.74. The number of hydrogen-bond acceptors (Lipinski definition) is 2. The zero-order valence-corrected chi connectivity index (χ0v) is 14.3. The van der Waals surface area contributed by atoms with Crippen LogP contribution < -0.4 is 10.1 Å². The lowest BCUT2D eigenvalue weighted by Crippen LogP contribution is -2.23. The molecule has 0 spiro atoms. The van der Waals surface area contributed by atoms with Crippen molar-refractivity contribution >= 4 is 22.9 Å². The Balaban J connectivity index is 1.49. The van der Waals surface area contributed by atoms with E-state index in [0.29, 0.717) is 13.2 Å². The number of hydrogen-bond donors (Lipinski definition) is 2. The summed E-state index contributed by atoms with van der Waals surface area (Å²) in [5.41, 5.74) is 3.31. The van der Waals surface area contributed by atoms with Crippen molar-refractivity contribution in [3.8, 4) is 5.75 Å². The van der Waals surface area contributed by atoms with Crippen molar-refractivity contribution in [1.82, 2.24) is 10.3 Å². The van der Waals surface area contributed by atoms with Crippen molar-refractivity contribution in [2.45, 2.75) is 13.3 Å². The standard InChI is InChI=1S/C21H22N2O2/c1-2-25-18-10-7-16(8-11-18)9-12-21(24)22-14-13-17-15-23-20-6-4-3-5-19(17)20/h3-12,15,23H,2,13-14H2,1H3,(H,22,24)/b12-9+. The molecule has 4 heteroatoms. The first-order chi connectivity index (χ1) is 12.3. The number of ether oxygens (including phenoxy) is 1. The molecule has 1 aromatic heterocycles. The molecule has 0 fully saturated rings. The Morgan fingerprint density at radius 2 is 1.96 bits per heavy atom. The van der Waals surface area contributed by atoms with Gasteiger partial charge in [0.15, 0.2) is 0 Å². The van der Waals surface area contributed by atoms with Crippen molar-refractivity contribution in [3.05, 3.63) is 71.9 Å². The quantitative estimate of drug-likeness (QED) is 0.643. The number of rotatable bonds is 7. The summed E-state index contributed by atoms with van der Waals surface area (Å²) in [5.74, 6) is 0.747. The van der Waals surface area contributed by atoms with Crippen LogP contribution in [-0.2, 0) is 11.2 Å². The molecular formula is C21H22N2O2. The minimum Gasteiger partial charge on any atom is -0.494 e. The highest BCUT2D eigenvalue weighted by Gasteiger charge is 2.03. The summed E-state index contributed by atoms with van der Waals surface area (Å²) < 4.78 is 5.40. The minimum absolute atomic E-state index is 0.0891. The van der Waals surface area contributed by atoms with Gasteiger partial charge < -0.3 is 15.0 Å². The molecule has 0 atom stereocenters. The number of nitrogens with one attached hydrogen (secondary N) is 2. The van der Waals surface area contributed by atoms with E-state index >= 15 is 0 Å². The molecule has 1 heterocycles. The van der Waals surface area contributed by atoms with Crippen LogP contribution in [0.5, 0.6) is 5.75 Å². The molecule has 0 unspecified atom stereocenters. The monoisotopic (exact) mass is 334 g/mol. The minimum atomic E-state index is -0.0891. The van der Waals surface area contributed by atoms with Crippen LogP contribution in [0.4, 0.5) is 0 Å². The first-order valence-corrected chi connectivity index (χ1v) is 8.50. The van der Waals surface area contributed by atoms with Gasteiger partial charge >= 0.3 is 0 Å². The number of para-hydroxylation sites is 1. The van der Waals surface area contributed by atoms with Crippen LogP contribution in [0.1, 0.15) is 18.1 Å². The SMILES string of the molecule is CCOc1ccc(/C=C/C(=O)NCCc2c[nH]c3ccccc23)cc1. The fourth-order valence-corrected chi connectivity index (χ4v) is 2.73. The summed E-state index contributed by atoms with van der Waals surface area (Å²) in [5, 5.41) is 4.13. The summed E-state index contributed by atoms with van der Waals surface area (Å²) in [4.78, 5) is 15.2. The van der Waals surface area contributed by atoms with Crippen LogP contribution in [0.3, 0.4) is 0 Å². The maximum atomic E-state index is 11.9. The van der Waals surface area contributed by atoms with E-state index in [1.165, 1.54) is 10.9 Å². The molecule has 4 nitrogen and oxygen atoms in total. The third kappa shape index (κ3) is 4.51. The van der Waals surface area contributed by atoms with Crippen LogP contribution in [0.25, 0.3) is 17.0 Å². The van der Waals surface area contributed by atoms with Gasteiger partial charge in [-0.25, -0.2) is 0 Å². The Labute approximate surface area is 147 Å². The molecule has 0 aliphatic rings. The number of carbonyl (C=O) groups is 1. The van der Waals surface area contributed by atoms with Crippen LogP contribution in [-0.4, -0.2) is 24.0 Å². The number of H-pyrrole nitrogens is 1. The molecule has 2 N–H and O–H groups in total. The maximum Gasteiger partial charge on any atom is 0.244 e. The van der Waals surface area contributed by atoms with Crippen LogP contribution in [0.15, 0.2) is 60.8 Å². The van der Waals surface area contributed by atoms with Crippen molar-refractivity contribution < 1.29 is 9.53 Å².